The van der Waals surface area contributed by atoms with Crippen LogP contribution < -0.4 is 0 Å². The Kier molecular flexibility index (Phi) is 5.55. The fourth-order valence-electron chi connectivity index (χ4n) is 1.59. The van der Waals surface area contributed by atoms with Crippen LogP contribution in [0, 0.1) is 6.92 Å². The summed E-state index contributed by atoms with van der Waals surface area (Å²) >= 11 is 1.53. The number of thioether (sulfide) groups is 1. The molecular weight excluding hydrogens is 236 g/mol. The Balaban J connectivity index is 2.71. The van der Waals surface area contributed by atoms with Gasteiger partial charge in [0.05, 0.1) is 17.8 Å². The summed E-state index contributed by atoms with van der Waals surface area (Å²) in [6, 6.07) is 1.99. The van der Waals surface area contributed by atoms with E-state index in [2.05, 4.69) is 12.0 Å². The Morgan fingerprint density at radius 1 is 1.65 bits per heavy atom. The zero-order valence-electron chi connectivity index (χ0n) is 10.9. The smallest absolute Gasteiger partial charge is 0.319 e. The topological polar surface area (TPSA) is 44.1 Å². The van der Waals surface area contributed by atoms with Crippen molar-refractivity contribution < 1.29 is 9.53 Å². The van der Waals surface area contributed by atoms with E-state index in [1.807, 2.05) is 24.7 Å². The summed E-state index contributed by atoms with van der Waals surface area (Å²) in [5, 5.41) is 5.15. The van der Waals surface area contributed by atoms with Crippen LogP contribution in [-0.4, -0.2) is 28.1 Å². The maximum atomic E-state index is 11.7. The van der Waals surface area contributed by atoms with E-state index >= 15 is 0 Å². The fourth-order valence-corrected chi connectivity index (χ4v) is 2.79. The van der Waals surface area contributed by atoms with E-state index in [-0.39, 0.29) is 11.2 Å². The number of aromatic nitrogens is 2. The number of esters is 1. The highest BCUT2D eigenvalue weighted by atomic mass is 32.2. The summed E-state index contributed by atoms with van der Waals surface area (Å²) in [5.74, 6) is -0.151. The molecule has 1 rings (SSSR count). The molecule has 17 heavy (non-hydrogen) atoms. The number of nitrogens with zero attached hydrogens (tertiary/aromatic N) is 2. The van der Waals surface area contributed by atoms with Gasteiger partial charge >= 0.3 is 5.97 Å². The Labute approximate surface area is 107 Å². The molecule has 1 aromatic rings. The Hall–Kier alpha value is -0.970. The van der Waals surface area contributed by atoms with Gasteiger partial charge in [-0.1, -0.05) is 31.5 Å². The van der Waals surface area contributed by atoms with Gasteiger partial charge in [0.1, 0.15) is 5.25 Å². The van der Waals surface area contributed by atoms with Crippen molar-refractivity contribution >= 4 is 17.7 Å². The molecule has 0 aromatic carbocycles. The SMILES string of the molecule is CCCCC(Sc1cc(C)nn1C)C(=O)OC. The van der Waals surface area contributed by atoms with Gasteiger partial charge in [-0.15, -0.1) is 0 Å². The molecule has 1 heterocycles. The van der Waals surface area contributed by atoms with Gasteiger partial charge in [-0.3, -0.25) is 9.48 Å². The second-order valence-electron chi connectivity index (χ2n) is 4.02. The van der Waals surface area contributed by atoms with Crippen LogP contribution in [0.4, 0.5) is 0 Å². The number of hydrogen-bond donors (Lipinski definition) is 0. The molecule has 0 radical (unpaired) electrons. The predicted octanol–water partition coefficient (Wildman–Crippen LogP) is 2.55. The molecule has 1 unspecified atom stereocenters. The Morgan fingerprint density at radius 3 is 2.82 bits per heavy atom. The van der Waals surface area contributed by atoms with Gasteiger partial charge in [0.2, 0.25) is 0 Å². The van der Waals surface area contributed by atoms with Crippen molar-refractivity contribution in [2.45, 2.75) is 43.4 Å². The van der Waals surface area contributed by atoms with Crippen LogP contribution in [0.2, 0.25) is 0 Å². The lowest BCUT2D eigenvalue weighted by Gasteiger charge is -2.13. The van der Waals surface area contributed by atoms with E-state index in [4.69, 9.17) is 4.74 Å². The minimum Gasteiger partial charge on any atom is -0.468 e. The second-order valence-corrected chi connectivity index (χ2v) is 5.24. The van der Waals surface area contributed by atoms with E-state index in [1.54, 1.807) is 0 Å². The normalized spacial score (nSPS) is 12.5. The van der Waals surface area contributed by atoms with Crippen molar-refractivity contribution in [3.8, 4) is 0 Å². The van der Waals surface area contributed by atoms with Crippen LogP contribution in [0.15, 0.2) is 11.1 Å². The minimum absolute atomic E-state index is 0.130. The van der Waals surface area contributed by atoms with E-state index < -0.39 is 0 Å². The first-order valence-electron chi connectivity index (χ1n) is 5.83. The average molecular weight is 256 g/mol. The van der Waals surface area contributed by atoms with Crippen LogP contribution in [-0.2, 0) is 16.6 Å². The number of hydrogen-bond acceptors (Lipinski definition) is 4. The zero-order chi connectivity index (χ0) is 12.8. The lowest BCUT2D eigenvalue weighted by molar-refractivity contribution is -0.140. The highest BCUT2D eigenvalue weighted by molar-refractivity contribution is 8.00. The Morgan fingerprint density at radius 2 is 2.35 bits per heavy atom. The van der Waals surface area contributed by atoms with Crippen LogP contribution in [0.1, 0.15) is 31.9 Å². The minimum atomic E-state index is -0.151. The third-order valence-corrected chi connectivity index (χ3v) is 3.84. The number of carbonyl (C=O) groups excluding carboxylic acids is 1. The first-order valence-corrected chi connectivity index (χ1v) is 6.71. The lowest BCUT2D eigenvalue weighted by atomic mass is 10.2. The van der Waals surface area contributed by atoms with Crippen molar-refractivity contribution in [3.63, 3.8) is 0 Å². The monoisotopic (exact) mass is 256 g/mol. The number of carbonyl (C=O) groups is 1. The maximum absolute atomic E-state index is 11.7. The molecule has 0 aliphatic heterocycles. The van der Waals surface area contributed by atoms with Crippen molar-refractivity contribution in [2.75, 3.05) is 7.11 Å². The maximum Gasteiger partial charge on any atom is 0.319 e. The largest absolute Gasteiger partial charge is 0.468 e. The molecule has 1 aromatic heterocycles. The summed E-state index contributed by atoms with van der Waals surface area (Å²) in [6.45, 7) is 4.07. The molecule has 0 spiro atoms. The number of rotatable bonds is 6. The van der Waals surface area contributed by atoms with Crippen LogP contribution >= 0.6 is 11.8 Å². The fraction of sp³-hybridized carbons (Fsp3) is 0.667. The molecule has 0 bridgehead atoms. The van der Waals surface area contributed by atoms with E-state index in [0.717, 1.165) is 30.0 Å². The molecule has 4 nitrogen and oxygen atoms in total. The quantitative estimate of drug-likeness (QED) is 0.579. The van der Waals surface area contributed by atoms with Crippen LogP contribution in [0.25, 0.3) is 0 Å². The predicted molar refractivity (Wildman–Crippen MR) is 69.1 cm³/mol. The van der Waals surface area contributed by atoms with Gasteiger partial charge in [-0.25, -0.2) is 0 Å². The summed E-state index contributed by atoms with van der Waals surface area (Å²) in [6.07, 6.45) is 2.96. The molecule has 0 amide bonds. The highest BCUT2D eigenvalue weighted by Gasteiger charge is 2.21. The first kappa shape index (κ1) is 14.1. The number of aryl methyl sites for hydroxylation is 2. The number of ether oxygens (including phenoxy) is 1. The van der Waals surface area contributed by atoms with Crippen molar-refractivity contribution in [3.05, 3.63) is 11.8 Å². The molecule has 0 fully saturated rings. The molecule has 96 valence electrons. The number of unbranched alkanes of at least 4 members (excludes halogenated alkanes) is 1. The molecule has 0 N–H and O–H groups in total. The van der Waals surface area contributed by atoms with Crippen molar-refractivity contribution in [1.82, 2.24) is 9.78 Å². The van der Waals surface area contributed by atoms with Gasteiger partial charge in [-0.05, 0) is 19.4 Å². The van der Waals surface area contributed by atoms with E-state index in [9.17, 15) is 4.79 Å². The molecule has 5 heteroatoms. The van der Waals surface area contributed by atoms with Gasteiger partial charge < -0.3 is 4.74 Å². The summed E-state index contributed by atoms with van der Waals surface area (Å²) in [4.78, 5) is 11.7. The van der Waals surface area contributed by atoms with Crippen LogP contribution in [0.3, 0.4) is 0 Å². The van der Waals surface area contributed by atoms with Crippen LogP contribution in [0.5, 0.6) is 0 Å². The standard InChI is InChI=1S/C12H20N2O2S/c1-5-6-7-10(12(15)16-4)17-11-8-9(2)13-14(11)3/h8,10H,5-7H2,1-4H3. The van der Waals surface area contributed by atoms with E-state index in [1.165, 1.54) is 18.9 Å². The summed E-state index contributed by atoms with van der Waals surface area (Å²) < 4.78 is 6.65. The highest BCUT2D eigenvalue weighted by Crippen LogP contribution is 2.27. The van der Waals surface area contributed by atoms with Gasteiger partial charge in [-0.2, -0.15) is 5.10 Å². The average Bonchev–Trinajstić information content (AvgIpc) is 2.62. The number of methoxy groups -OCH3 is 1. The van der Waals surface area contributed by atoms with Crippen molar-refractivity contribution in [2.24, 2.45) is 7.05 Å². The molecule has 0 aliphatic rings. The molecule has 0 aliphatic carbocycles. The zero-order valence-corrected chi connectivity index (χ0v) is 11.7. The molecular formula is C12H20N2O2S. The van der Waals surface area contributed by atoms with Crippen molar-refractivity contribution in [1.29, 1.82) is 0 Å². The summed E-state index contributed by atoms with van der Waals surface area (Å²) in [7, 11) is 3.33. The Bertz CT molecular complexity index is 377. The molecule has 0 saturated carbocycles. The van der Waals surface area contributed by atoms with E-state index in [0.29, 0.717) is 0 Å². The van der Waals surface area contributed by atoms with Gasteiger partial charge in [0.25, 0.3) is 0 Å². The first-order chi connectivity index (χ1) is 8.08. The lowest BCUT2D eigenvalue weighted by Crippen LogP contribution is -2.19. The molecule has 0 saturated heterocycles. The van der Waals surface area contributed by atoms with Gasteiger partial charge in [0, 0.05) is 7.05 Å². The molecule has 1 atom stereocenters. The van der Waals surface area contributed by atoms with Gasteiger partial charge in [0.15, 0.2) is 0 Å². The second kappa shape index (κ2) is 6.69. The summed E-state index contributed by atoms with van der Waals surface area (Å²) in [5.41, 5.74) is 0.967. The third-order valence-electron chi connectivity index (χ3n) is 2.51. The third kappa shape index (κ3) is 4.07.